The smallest absolute Gasteiger partial charge is 0.163 e. The molecule has 0 fully saturated rings. The highest BCUT2D eigenvalue weighted by molar-refractivity contribution is 7.80. The molecule has 0 saturated carbocycles. The third kappa shape index (κ3) is 3.24. The van der Waals surface area contributed by atoms with E-state index in [0.29, 0.717) is 5.16 Å². The van der Waals surface area contributed by atoms with Gasteiger partial charge in [0.2, 0.25) is 0 Å². The molecular formula is C13H13N3OS. The summed E-state index contributed by atoms with van der Waals surface area (Å²) in [5.74, 6) is 0.220. The van der Waals surface area contributed by atoms with Crippen LogP contribution >= 0.6 is 12.6 Å². The normalized spacial score (nSPS) is 9.89. The molecule has 2 heterocycles. The number of aryl methyl sites for hydroxylation is 1. The van der Waals surface area contributed by atoms with E-state index in [0.717, 1.165) is 16.7 Å². The van der Waals surface area contributed by atoms with Crippen molar-refractivity contribution in [2.24, 2.45) is 0 Å². The summed E-state index contributed by atoms with van der Waals surface area (Å²) in [6.45, 7) is 1.97. The quantitative estimate of drug-likeness (QED) is 0.544. The molecule has 0 radical (unpaired) electrons. The Bertz CT molecular complexity index is 637. The number of nitrogens with one attached hydrogen (secondary N) is 1. The molecule has 0 bridgehead atoms. The van der Waals surface area contributed by atoms with E-state index in [9.17, 15) is 0 Å². The van der Waals surface area contributed by atoms with Gasteiger partial charge in [-0.05, 0) is 31.2 Å². The number of aromatic amines is 1. The summed E-state index contributed by atoms with van der Waals surface area (Å²) >= 11 is 4.03. The third-order valence-electron chi connectivity index (χ3n) is 2.27. The van der Waals surface area contributed by atoms with Crippen molar-refractivity contribution < 1.29 is 5.11 Å². The number of nitrogens with zero attached hydrogens (tertiary/aromatic N) is 2. The Balaban J connectivity index is 0.000000149. The Kier molecular flexibility index (Phi) is 3.84. The van der Waals surface area contributed by atoms with Gasteiger partial charge in [-0.1, -0.05) is 6.07 Å². The standard InChI is InChI=1S/C7H6N2OS.C6H7N/c10-4-1-2-5-6(3-4)9-7(11)8-5;1-6-4-2-3-5-7-6/h1-3,10H,(H2,8,9,11);2-5H,1H3. The van der Waals surface area contributed by atoms with Crippen LogP contribution in [0.25, 0.3) is 11.0 Å². The summed E-state index contributed by atoms with van der Waals surface area (Å²) in [5, 5.41) is 9.62. The minimum atomic E-state index is 0.220. The number of thiol groups is 1. The van der Waals surface area contributed by atoms with Crippen LogP contribution in [0.2, 0.25) is 0 Å². The maximum atomic E-state index is 9.06. The van der Waals surface area contributed by atoms with Crippen LogP contribution in [0.1, 0.15) is 5.69 Å². The molecule has 1 aromatic carbocycles. The molecule has 5 heteroatoms. The van der Waals surface area contributed by atoms with E-state index in [1.54, 1.807) is 24.4 Å². The van der Waals surface area contributed by atoms with E-state index < -0.39 is 0 Å². The first-order chi connectivity index (χ1) is 8.65. The maximum Gasteiger partial charge on any atom is 0.163 e. The molecule has 4 nitrogen and oxygen atoms in total. The zero-order valence-corrected chi connectivity index (χ0v) is 10.7. The molecule has 0 spiro atoms. The van der Waals surface area contributed by atoms with Gasteiger partial charge in [-0.2, -0.15) is 0 Å². The fraction of sp³-hybridized carbons (Fsp3) is 0.0769. The van der Waals surface area contributed by atoms with Crippen molar-refractivity contribution >= 4 is 23.7 Å². The van der Waals surface area contributed by atoms with Gasteiger partial charge in [0.1, 0.15) is 5.75 Å². The molecule has 0 aliphatic carbocycles. The van der Waals surface area contributed by atoms with Gasteiger partial charge in [0, 0.05) is 18.0 Å². The molecule has 0 unspecified atom stereocenters. The highest BCUT2D eigenvalue weighted by atomic mass is 32.1. The van der Waals surface area contributed by atoms with E-state index in [4.69, 9.17) is 5.11 Å². The molecule has 0 amide bonds. The SMILES string of the molecule is Cc1ccccn1.Oc1ccc2[nH]c(S)nc2c1. The van der Waals surface area contributed by atoms with Crippen LogP contribution in [0.15, 0.2) is 47.8 Å². The lowest BCUT2D eigenvalue weighted by Crippen LogP contribution is -1.72. The van der Waals surface area contributed by atoms with Gasteiger partial charge >= 0.3 is 0 Å². The number of phenols is 1. The molecule has 3 aromatic rings. The van der Waals surface area contributed by atoms with Gasteiger partial charge in [-0.15, -0.1) is 12.6 Å². The van der Waals surface area contributed by atoms with Crippen molar-refractivity contribution in [3.05, 3.63) is 48.3 Å². The number of aromatic nitrogens is 3. The van der Waals surface area contributed by atoms with E-state index in [1.165, 1.54) is 0 Å². The maximum absolute atomic E-state index is 9.06. The van der Waals surface area contributed by atoms with Crippen molar-refractivity contribution in [1.82, 2.24) is 15.0 Å². The Morgan fingerprint density at radius 1 is 1.22 bits per heavy atom. The third-order valence-corrected chi connectivity index (χ3v) is 2.48. The average molecular weight is 259 g/mol. The summed E-state index contributed by atoms with van der Waals surface area (Å²) in [7, 11) is 0. The Labute approximate surface area is 110 Å². The lowest BCUT2D eigenvalue weighted by atomic mass is 10.3. The minimum absolute atomic E-state index is 0.220. The zero-order valence-electron chi connectivity index (χ0n) is 9.83. The molecule has 0 saturated heterocycles. The molecule has 18 heavy (non-hydrogen) atoms. The van der Waals surface area contributed by atoms with Crippen LogP contribution in [0.4, 0.5) is 0 Å². The summed E-state index contributed by atoms with van der Waals surface area (Å²) < 4.78 is 0. The first-order valence-electron chi connectivity index (χ1n) is 5.40. The van der Waals surface area contributed by atoms with Gasteiger partial charge in [-0.25, -0.2) is 4.98 Å². The molecule has 92 valence electrons. The Morgan fingerprint density at radius 3 is 2.67 bits per heavy atom. The molecule has 3 rings (SSSR count). The number of benzene rings is 1. The van der Waals surface area contributed by atoms with Crippen LogP contribution in [0, 0.1) is 6.92 Å². The summed E-state index contributed by atoms with van der Waals surface area (Å²) in [6.07, 6.45) is 1.79. The topological polar surface area (TPSA) is 61.8 Å². The van der Waals surface area contributed by atoms with Crippen LogP contribution in [-0.4, -0.2) is 20.1 Å². The second-order valence-electron chi connectivity index (χ2n) is 3.73. The number of hydrogen-bond acceptors (Lipinski definition) is 4. The largest absolute Gasteiger partial charge is 0.508 e. The number of phenolic OH excluding ortho intramolecular Hbond substituents is 1. The Hall–Kier alpha value is -2.01. The summed E-state index contributed by atoms with van der Waals surface area (Å²) in [6, 6.07) is 10.8. The van der Waals surface area contributed by atoms with Gasteiger partial charge in [0.25, 0.3) is 0 Å². The van der Waals surface area contributed by atoms with Crippen LogP contribution < -0.4 is 0 Å². The van der Waals surface area contributed by atoms with E-state index >= 15 is 0 Å². The van der Waals surface area contributed by atoms with E-state index in [1.807, 2.05) is 25.1 Å². The second-order valence-corrected chi connectivity index (χ2v) is 4.16. The van der Waals surface area contributed by atoms with Crippen molar-refractivity contribution in [2.45, 2.75) is 12.1 Å². The van der Waals surface area contributed by atoms with Crippen molar-refractivity contribution in [2.75, 3.05) is 0 Å². The number of hydrogen-bond donors (Lipinski definition) is 3. The van der Waals surface area contributed by atoms with Gasteiger partial charge in [0.15, 0.2) is 5.16 Å². The van der Waals surface area contributed by atoms with Crippen molar-refractivity contribution in [1.29, 1.82) is 0 Å². The highest BCUT2D eigenvalue weighted by Gasteiger charge is 1.98. The molecule has 0 atom stereocenters. The molecule has 0 aliphatic rings. The Morgan fingerprint density at radius 2 is 2.06 bits per heavy atom. The molecule has 0 aliphatic heterocycles. The van der Waals surface area contributed by atoms with Crippen LogP contribution in [0.5, 0.6) is 5.75 Å². The fourth-order valence-corrected chi connectivity index (χ4v) is 1.66. The van der Waals surface area contributed by atoms with Crippen LogP contribution in [-0.2, 0) is 0 Å². The van der Waals surface area contributed by atoms with Crippen molar-refractivity contribution in [3.63, 3.8) is 0 Å². The van der Waals surface area contributed by atoms with E-state index in [2.05, 4.69) is 27.6 Å². The summed E-state index contributed by atoms with van der Waals surface area (Å²) in [4.78, 5) is 10.9. The van der Waals surface area contributed by atoms with Gasteiger partial charge in [-0.3, -0.25) is 4.98 Å². The average Bonchev–Trinajstić information content (AvgIpc) is 2.70. The zero-order chi connectivity index (χ0) is 13.0. The molecule has 2 N–H and O–H groups in total. The fourth-order valence-electron chi connectivity index (χ4n) is 1.43. The number of fused-ring (bicyclic) bond motifs is 1. The monoisotopic (exact) mass is 259 g/mol. The van der Waals surface area contributed by atoms with Crippen LogP contribution in [0.3, 0.4) is 0 Å². The number of H-pyrrole nitrogens is 1. The predicted molar refractivity (Wildman–Crippen MR) is 74.0 cm³/mol. The number of pyridine rings is 1. The van der Waals surface area contributed by atoms with E-state index in [-0.39, 0.29) is 5.75 Å². The number of imidazole rings is 1. The molecular weight excluding hydrogens is 246 g/mol. The first-order valence-corrected chi connectivity index (χ1v) is 5.85. The number of aromatic hydroxyl groups is 1. The van der Waals surface area contributed by atoms with Gasteiger partial charge in [0.05, 0.1) is 11.0 Å². The first kappa shape index (κ1) is 12.4. The highest BCUT2D eigenvalue weighted by Crippen LogP contribution is 2.18. The van der Waals surface area contributed by atoms with Crippen molar-refractivity contribution in [3.8, 4) is 5.75 Å². The second kappa shape index (κ2) is 5.55. The lowest BCUT2D eigenvalue weighted by Gasteiger charge is -1.88. The van der Waals surface area contributed by atoms with Gasteiger partial charge < -0.3 is 10.1 Å². The predicted octanol–water partition coefficient (Wildman–Crippen LogP) is 2.95. The summed E-state index contributed by atoms with van der Waals surface area (Å²) in [5.41, 5.74) is 2.69. The lowest BCUT2D eigenvalue weighted by molar-refractivity contribution is 0.476. The number of rotatable bonds is 0. The minimum Gasteiger partial charge on any atom is -0.508 e. The molecule has 2 aromatic heterocycles.